The summed E-state index contributed by atoms with van der Waals surface area (Å²) in [6.07, 6.45) is 10.5. The van der Waals surface area contributed by atoms with Gasteiger partial charge in [0.05, 0.1) is 5.92 Å². The van der Waals surface area contributed by atoms with Crippen LogP contribution in [0.5, 0.6) is 0 Å². The van der Waals surface area contributed by atoms with E-state index in [2.05, 4.69) is 37.6 Å². The van der Waals surface area contributed by atoms with Crippen molar-refractivity contribution < 1.29 is 4.79 Å². The summed E-state index contributed by atoms with van der Waals surface area (Å²) >= 11 is 0. The predicted octanol–water partition coefficient (Wildman–Crippen LogP) is 1.63. The van der Waals surface area contributed by atoms with Gasteiger partial charge in [-0.2, -0.15) is 0 Å². The van der Waals surface area contributed by atoms with Crippen molar-refractivity contribution in [3.05, 3.63) is 30.1 Å². The van der Waals surface area contributed by atoms with E-state index in [1.807, 2.05) is 12.4 Å². The van der Waals surface area contributed by atoms with Crippen LogP contribution in [0.15, 0.2) is 24.5 Å². The zero-order valence-corrected chi connectivity index (χ0v) is 17.0. The molecule has 1 atom stereocenters. The molecule has 154 valence electrons. The Hall–Kier alpha value is -1.50. The number of carbonyl (C=O) groups is 1. The molecule has 2 N–H and O–H groups in total. The van der Waals surface area contributed by atoms with Crippen LogP contribution in [0, 0.1) is 5.92 Å². The Labute approximate surface area is 169 Å². The maximum absolute atomic E-state index is 12.8. The Kier molecular flexibility index (Phi) is 6.94. The standard InChI is InChI=1S/C22H35N5O/c28-22(25-20-5-11-24-12-6-20)19-2-1-13-27(17-19)21-7-14-26(15-8-21)16-18-3-9-23-10-4-18/h3-4,9-10,19-21,24H,1-2,5-8,11-17H2,(H,25,28)/t19-/m1/s1. The molecular formula is C22H35N5O. The van der Waals surface area contributed by atoms with E-state index in [4.69, 9.17) is 0 Å². The van der Waals surface area contributed by atoms with E-state index in [0.29, 0.717) is 18.0 Å². The fourth-order valence-corrected chi connectivity index (χ4v) is 5.03. The van der Waals surface area contributed by atoms with E-state index in [-0.39, 0.29) is 5.92 Å². The summed E-state index contributed by atoms with van der Waals surface area (Å²) in [5.41, 5.74) is 1.35. The molecule has 0 aliphatic carbocycles. The molecule has 3 aliphatic heterocycles. The highest BCUT2D eigenvalue weighted by atomic mass is 16.2. The van der Waals surface area contributed by atoms with Crippen molar-refractivity contribution in [2.45, 2.75) is 57.2 Å². The second-order valence-electron chi connectivity index (χ2n) is 8.73. The lowest BCUT2D eigenvalue weighted by Gasteiger charge is -2.42. The van der Waals surface area contributed by atoms with Gasteiger partial charge in [0.1, 0.15) is 0 Å². The molecule has 1 aromatic heterocycles. The zero-order chi connectivity index (χ0) is 19.2. The van der Waals surface area contributed by atoms with Crippen molar-refractivity contribution >= 4 is 5.91 Å². The Balaban J connectivity index is 1.23. The molecule has 0 saturated carbocycles. The Morgan fingerprint density at radius 3 is 2.57 bits per heavy atom. The first-order chi connectivity index (χ1) is 13.8. The molecule has 4 heterocycles. The molecule has 0 aromatic carbocycles. The van der Waals surface area contributed by atoms with Crippen LogP contribution in [0.2, 0.25) is 0 Å². The molecule has 6 heteroatoms. The summed E-state index contributed by atoms with van der Waals surface area (Å²) in [6.45, 7) is 7.49. The molecule has 4 rings (SSSR count). The average molecular weight is 386 g/mol. The third-order valence-electron chi connectivity index (χ3n) is 6.74. The van der Waals surface area contributed by atoms with Crippen LogP contribution in [-0.2, 0) is 11.3 Å². The Bertz CT molecular complexity index is 611. The number of nitrogens with one attached hydrogen (secondary N) is 2. The minimum Gasteiger partial charge on any atom is -0.353 e. The molecule has 0 bridgehead atoms. The largest absolute Gasteiger partial charge is 0.353 e. The van der Waals surface area contributed by atoms with Crippen LogP contribution in [0.3, 0.4) is 0 Å². The summed E-state index contributed by atoms with van der Waals surface area (Å²) in [7, 11) is 0. The van der Waals surface area contributed by atoms with E-state index in [9.17, 15) is 4.79 Å². The van der Waals surface area contributed by atoms with Crippen LogP contribution < -0.4 is 10.6 Å². The van der Waals surface area contributed by atoms with Gasteiger partial charge in [-0.25, -0.2) is 0 Å². The van der Waals surface area contributed by atoms with Crippen molar-refractivity contribution in [2.24, 2.45) is 5.92 Å². The quantitative estimate of drug-likeness (QED) is 0.807. The van der Waals surface area contributed by atoms with Crippen molar-refractivity contribution in [1.82, 2.24) is 25.4 Å². The van der Waals surface area contributed by atoms with E-state index < -0.39 is 0 Å². The maximum atomic E-state index is 12.8. The number of pyridine rings is 1. The lowest BCUT2D eigenvalue weighted by molar-refractivity contribution is -0.128. The second-order valence-corrected chi connectivity index (χ2v) is 8.73. The number of piperidine rings is 3. The third kappa shape index (κ3) is 5.31. The van der Waals surface area contributed by atoms with Gasteiger partial charge in [-0.1, -0.05) is 0 Å². The number of hydrogen-bond acceptors (Lipinski definition) is 5. The highest BCUT2D eigenvalue weighted by molar-refractivity contribution is 5.79. The monoisotopic (exact) mass is 385 g/mol. The fourth-order valence-electron chi connectivity index (χ4n) is 5.03. The van der Waals surface area contributed by atoms with Crippen molar-refractivity contribution in [3.8, 4) is 0 Å². The molecule has 3 saturated heterocycles. The smallest absolute Gasteiger partial charge is 0.224 e. The van der Waals surface area contributed by atoms with Crippen LogP contribution >= 0.6 is 0 Å². The summed E-state index contributed by atoms with van der Waals surface area (Å²) < 4.78 is 0. The summed E-state index contributed by atoms with van der Waals surface area (Å²) in [4.78, 5) is 22.1. The first-order valence-electron chi connectivity index (χ1n) is 11.1. The molecule has 0 spiro atoms. The van der Waals surface area contributed by atoms with Gasteiger partial charge < -0.3 is 10.6 Å². The van der Waals surface area contributed by atoms with Crippen molar-refractivity contribution in [1.29, 1.82) is 0 Å². The number of nitrogens with zero attached hydrogens (tertiary/aromatic N) is 3. The van der Waals surface area contributed by atoms with Gasteiger partial charge >= 0.3 is 0 Å². The number of amides is 1. The normalized spacial score (nSPS) is 26.2. The molecule has 1 amide bonds. The highest BCUT2D eigenvalue weighted by Crippen LogP contribution is 2.25. The van der Waals surface area contributed by atoms with E-state index in [1.54, 1.807) is 0 Å². The minimum absolute atomic E-state index is 0.179. The van der Waals surface area contributed by atoms with Crippen molar-refractivity contribution in [2.75, 3.05) is 39.3 Å². The molecule has 6 nitrogen and oxygen atoms in total. The van der Waals surface area contributed by atoms with Gasteiger partial charge in [0.2, 0.25) is 5.91 Å². The molecular weight excluding hydrogens is 350 g/mol. The maximum Gasteiger partial charge on any atom is 0.224 e. The topological polar surface area (TPSA) is 60.5 Å². The SMILES string of the molecule is O=C(NC1CCNCC1)[C@@H]1CCCN(C2CCN(Cc3ccncc3)CC2)C1. The predicted molar refractivity (Wildman–Crippen MR) is 111 cm³/mol. The first-order valence-corrected chi connectivity index (χ1v) is 11.1. The number of hydrogen-bond donors (Lipinski definition) is 2. The van der Waals surface area contributed by atoms with Crippen LogP contribution in [-0.4, -0.2) is 72.0 Å². The van der Waals surface area contributed by atoms with Gasteiger partial charge in [-0.3, -0.25) is 19.6 Å². The van der Waals surface area contributed by atoms with Crippen LogP contribution in [0.1, 0.15) is 44.1 Å². The average Bonchev–Trinajstić information content (AvgIpc) is 2.76. The van der Waals surface area contributed by atoms with Gasteiger partial charge in [-0.15, -0.1) is 0 Å². The third-order valence-corrected chi connectivity index (χ3v) is 6.74. The molecule has 0 unspecified atom stereocenters. The van der Waals surface area contributed by atoms with Crippen molar-refractivity contribution in [3.63, 3.8) is 0 Å². The Morgan fingerprint density at radius 2 is 1.82 bits per heavy atom. The van der Waals surface area contributed by atoms with Gasteiger partial charge in [0, 0.05) is 37.6 Å². The fraction of sp³-hybridized carbons (Fsp3) is 0.727. The van der Waals surface area contributed by atoms with Crippen LogP contribution in [0.4, 0.5) is 0 Å². The molecule has 0 radical (unpaired) electrons. The lowest BCUT2D eigenvalue weighted by atomic mass is 9.92. The molecule has 28 heavy (non-hydrogen) atoms. The second kappa shape index (κ2) is 9.81. The minimum atomic E-state index is 0.179. The summed E-state index contributed by atoms with van der Waals surface area (Å²) in [5.74, 6) is 0.477. The first kappa shape index (κ1) is 19.8. The highest BCUT2D eigenvalue weighted by Gasteiger charge is 2.32. The summed E-state index contributed by atoms with van der Waals surface area (Å²) in [6, 6.07) is 5.24. The number of carbonyl (C=O) groups excluding carboxylic acids is 1. The molecule has 1 aromatic rings. The summed E-state index contributed by atoms with van der Waals surface area (Å²) in [5, 5.41) is 6.70. The van der Waals surface area contributed by atoms with Gasteiger partial charge in [0.15, 0.2) is 0 Å². The number of likely N-dealkylation sites (tertiary alicyclic amines) is 2. The van der Waals surface area contributed by atoms with Gasteiger partial charge in [-0.05, 0) is 88.9 Å². The Morgan fingerprint density at radius 1 is 1.07 bits per heavy atom. The number of aromatic nitrogens is 1. The van der Waals surface area contributed by atoms with E-state index in [0.717, 1.165) is 71.5 Å². The van der Waals surface area contributed by atoms with E-state index in [1.165, 1.54) is 18.4 Å². The van der Waals surface area contributed by atoms with Crippen LogP contribution in [0.25, 0.3) is 0 Å². The zero-order valence-electron chi connectivity index (χ0n) is 17.0. The molecule has 3 fully saturated rings. The molecule has 3 aliphatic rings. The lowest BCUT2D eigenvalue weighted by Crippen LogP contribution is -2.52. The van der Waals surface area contributed by atoms with E-state index >= 15 is 0 Å². The van der Waals surface area contributed by atoms with Gasteiger partial charge in [0.25, 0.3) is 0 Å². The number of rotatable bonds is 5.